The van der Waals surface area contributed by atoms with Crippen LogP contribution in [0.5, 0.6) is 0 Å². The Hall–Kier alpha value is -1.92. The van der Waals surface area contributed by atoms with Gasteiger partial charge in [0.1, 0.15) is 11.6 Å². The third-order valence-electron chi connectivity index (χ3n) is 4.74. The summed E-state index contributed by atoms with van der Waals surface area (Å²) in [5.41, 5.74) is -2.64. The van der Waals surface area contributed by atoms with E-state index >= 15 is 0 Å². The summed E-state index contributed by atoms with van der Waals surface area (Å²) in [5, 5.41) is 18.5. The van der Waals surface area contributed by atoms with E-state index in [4.69, 9.17) is 0 Å². The molecule has 21 heavy (non-hydrogen) atoms. The predicted octanol–water partition coefficient (Wildman–Crippen LogP) is 0.767. The van der Waals surface area contributed by atoms with Crippen molar-refractivity contribution in [3.63, 3.8) is 0 Å². The number of aliphatic carboxylic acids is 2. The maximum absolute atomic E-state index is 12.4. The van der Waals surface area contributed by atoms with E-state index in [0.717, 1.165) is 0 Å². The van der Waals surface area contributed by atoms with Gasteiger partial charge in [0, 0.05) is 11.3 Å². The van der Waals surface area contributed by atoms with Gasteiger partial charge in [0.05, 0.1) is 0 Å². The summed E-state index contributed by atoms with van der Waals surface area (Å²) in [5.74, 6) is -5.22. The molecule has 1 fully saturated rings. The van der Waals surface area contributed by atoms with Gasteiger partial charge in [-0.3, -0.25) is 9.59 Å². The van der Waals surface area contributed by atoms with Gasteiger partial charge in [-0.1, -0.05) is 27.7 Å². The van der Waals surface area contributed by atoms with Gasteiger partial charge in [-0.05, 0) is 13.3 Å². The number of nitrogens with zero attached hydrogens (tertiary/aromatic N) is 1. The van der Waals surface area contributed by atoms with E-state index in [1.54, 1.807) is 20.8 Å². The molecule has 1 heterocycles. The third-order valence-corrected chi connectivity index (χ3v) is 4.74. The van der Waals surface area contributed by atoms with Crippen LogP contribution >= 0.6 is 0 Å². The molecule has 0 aromatic heterocycles. The fourth-order valence-electron chi connectivity index (χ4n) is 2.48. The zero-order valence-corrected chi connectivity index (χ0v) is 12.8. The summed E-state index contributed by atoms with van der Waals surface area (Å²) in [6, 6.07) is -1.30. The molecule has 1 aliphatic rings. The SMILES string of the molecule is CCC(C)(C)C(=O)C(=O)N1[C@@H](C(=O)O)C(C)[C@@]1(C)C(=O)O. The summed E-state index contributed by atoms with van der Waals surface area (Å²) >= 11 is 0. The number of amides is 1. The zero-order valence-electron chi connectivity index (χ0n) is 12.8. The van der Waals surface area contributed by atoms with Gasteiger partial charge < -0.3 is 15.1 Å². The van der Waals surface area contributed by atoms with E-state index in [2.05, 4.69) is 0 Å². The highest BCUT2D eigenvalue weighted by molar-refractivity contribution is 6.39. The third kappa shape index (κ3) is 2.30. The number of rotatable bonds is 5. The van der Waals surface area contributed by atoms with E-state index in [1.807, 2.05) is 0 Å². The molecule has 2 N–H and O–H groups in total. The Balaban J connectivity index is 3.23. The lowest BCUT2D eigenvalue weighted by Crippen LogP contribution is -2.78. The van der Waals surface area contributed by atoms with Crippen molar-refractivity contribution in [3.05, 3.63) is 0 Å². The first-order valence-corrected chi connectivity index (χ1v) is 6.77. The first-order chi connectivity index (χ1) is 9.42. The van der Waals surface area contributed by atoms with Crippen molar-refractivity contribution in [2.24, 2.45) is 11.3 Å². The second-order valence-electron chi connectivity index (χ2n) is 6.27. The molecular weight excluding hydrogens is 278 g/mol. The van der Waals surface area contributed by atoms with Gasteiger partial charge >= 0.3 is 11.9 Å². The molecule has 0 radical (unpaired) electrons. The first-order valence-electron chi connectivity index (χ1n) is 6.77. The lowest BCUT2D eigenvalue weighted by atomic mass is 9.68. The lowest BCUT2D eigenvalue weighted by Gasteiger charge is -2.56. The van der Waals surface area contributed by atoms with Crippen LogP contribution in [0.2, 0.25) is 0 Å². The van der Waals surface area contributed by atoms with Gasteiger partial charge in [-0.15, -0.1) is 0 Å². The average Bonchev–Trinajstić information content (AvgIpc) is 2.40. The minimum Gasteiger partial charge on any atom is -0.480 e. The number of ketones is 1. The van der Waals surface area contributed by atoms with Crippen LogP contribution in [0, 0.1) is 11.3 Å². The molecule has 118 valence electrons. The maximum atomic E-state index is 12.4. The number of hydrogen-bond donors (Lipinski definition) is 2. The molecule has 1 unspecified atom stereocenters. The highest BCUT2D eigenvalue weighted by atomic mass is 16.4. The van der Waals surface area contributed by atoms with E-state index in [0.29, 0.717) is 11.3 Å². The number of hydrogen-bond acceptors (Lipinski definition) is 4. The van der Waals surface area contributed by atoms with Crippen LogP contribution in [0.25, 0.3) is 0 Å². The van der Waals surface area contributed by atoms with Crippen molar-refractivity contribution < 1.29 is 29.4 Å². The van der Waals surface area contributed by atoms with Gasteiger partial charge in [0.15, 0.2) is 0 Å². The second-order valence-corrected chi connectivity index (χ2v) is 6.27. The summed E-state index contributed by atoms with van der Waals surface area (Å²) in [4.78, 5) is 48.0. The van der Waals surface area contributed by atoms with Crippen molar-refractivity contribution in [1.29, 1.82) is 0 Å². The minimum absolute atomic E-state index is 0.391. The highest BCUT2D eigenvalue weighted by Crippen LogP contribution is 2.43. The molecule has 7 heteroatoms. The van der Waals surface area contributed by atoms with Crippen LogP contribution in [0.1, 0.15) is 41.0 Å². The van der Waals surface area contributed by atoms with E-state index < -0.39 is 46.5 Å². The second kappa shape index (κ2) is 5.13. The summed E-state index contributed by atoms with van der Waals surface area (Å²) < 4.78 is 0. The van der Waals surface area contributed by atoms with Crippen molar-refractivity contribution in [2.45, 2.75) is 52.6 Å². The van der Waals surface area contributed by atoms with E-state index in [-0.39, 0.29) is 0 Å². The van der Waals surface area contributed by atoms with Gasteiger partial charge in [-0.25, -0.2) is 9.59 Å². The zero-order chi connectivity index (χ0) is 16.7. The summed E-state index contributed by atoms with van der Waals surface area (Å²) in [6.07, 6.45) is 0.391. The average molecular weight is 299 g/mol. The van der Waals surface area contributed by atoms with E-state index in [9.17, 15) is 29.4 Å². The first kappa shape index (κ1) is 17.1. The van der Waals surface area contributed by atoms with Crippen molar-refractivity contribution in [2.75, 3.05) is 0 Å². The number of carboxylic acids is 2. The Labute approximate surface area is 122 Å². The molecule has 7 nitrogen and oxygen atoms in total. The largest absolute Gasteiger partial charge is 0.480 e. The number of carbonyl (C=O) groups excluding carboxylic acids is 2. The highest BCUT2D eigenvalue weighted by Gasteiger charge is 2.66. The smallest absolute Gasteiger partial charge is 0.329 e. The number of carboxylic acid groups (broad SMARTS) is 2. The molecule has 0 aliphatic carbocycles. The molecule has 1 aliphatic heterocycles. The molecule has 0 spiro atoms. The van der Waals surface area contributed by atoms with E-state index in [1.165, 1.54) is 13.8 Å². The van der Waals surface area contributed by atoms with Crippen molar-refractivity contribution >= 4 is 23.6 Å². The van der Waals surface area contributed by atoms with Crippen molar-refractivity contribution in [1.82, 2.24) is 4.90 Å². The van der Waals surface area contributed by atoms with Crippen LogP contribution in [-0.2, 0) is 19.2 Å². The number of likely N-dealkylation sites (tertiary alicyclic amines) is 1. The van der Waals surface area contributed by atoms with Crippen LogP contribution in [0.4, 0.5) is 0 Å². The summed E-state index contributed by atoms with van der Waals surface area (Å²) in [6.45, 7) is 7.60. The molecule has 1 saturated heterocycles. The molecule has 0 aromatic rings. The molecular formula is C14H21NO6. The maximum Gasteiger partial charge on any atom is 0.329 e. The van der Waals surface area contributed by atoms with Crippen LogP contribution in [0.3, 0.4) is 0 Å². The van der Waals surface area contributed by atoms with Gasteiger partial charge in [0.2, 0.25) is 5.78 Å². The monoisotopic (exact) mass is 299 g/mol. The molecule has 0 aromatic carbocycles. The van der Waals surface area contributed by atoms with Crippen LogP contribution in [-0.4, -0.2) is 50.3 Å². The fourth-order valence-corrected chi connectivity index (χ4v) is 2.48. The fraction of sp³-hybridized carbons (Fsp3) is 0.714. The topological polar surface area (TPSA) is 112 Å². The van der Waals surface area contributed by atoms with Gasteiger partial charge in [-0.2, -0.15) is 0 Å². The Bertz CT molecular complexity index is 512. The number of Topliss-reactive ketones (excluding diaryl/α,β-unsaturated/α-hetero) is 1. The quantitative estimate of drug-likeness (QED) is 0.725. The lowest BCUT2D eigenvalue weighted by molar-refractivity contribution is -0.199. The molecule has 1 amide bonds. The summed E-state index contributed by atoms with van der Waals surface area (Å²) in [7, 11) is 0. The predicted molar refractivity (Wildman–Crippen MR) is 72.6 cm³/mol. The molecule has 0 saturated carbocycles. The van der Waals surface area contributed by atoms with Crippen LogP contribution in [0.15, 0.2) is 0 Å². The van der Waals surface area contributed by atoms with Gasteiger partial charge in [0.25, 0.3) is 5.91 Å². The van der Waals surface area contributed by atoms with Crippen molar-refractivity contribution in [3.8, 4) is 0 Å². The normalized spacial score (nSPS) is 28.7. The Morgan fingerprint density at radius 3 is 2.00 bits per heavy atom. The molecule has 0 bridgehead atoms. The minimum atomic E-state index is -1.68. The molecule has 3 atom stereocenters. The Morgan fingerprint density at radius 2 is 1.67 bits per heavy atom. The van der Waals surface area contributed by atoms with Crippen LogP contribution < -0.4 is 0 Å². The number of carbonyl (C=O) groups is 4. The molecule has 1 rings (SSSR count). The Kier molecular flexibility index (Phi) is 4.18. The standard InChI is InChI=1S/C14H21NO6/c1-6-13(3,4)9(16)10(17)15-8(11(18)19)7(2)14(15,5)12(20)21/h7-8H,6H2,1-5H3,(H,18,19)(H,20,21)/t7?,8-,14+/m1/s1. The Morgan fingerprint density at radius 1 is 1.19 bits per heavy atom.